The van der Waals surface area contributed by atoms with Crippen LogP contribution in [0.4, 0.5) is 5.82 Å². The number of rotatable bonds is 8. The van der Waals surface area contributed by atoms with Gasteiger partial charge in [-0.2, -0.15) is 9.61 Å². The van der Waals surface area contributed by atoms with Gasteiger partial charge >= 0.3 is 0 Å². The fourth-order valence-corrected chi connectivity index (χ4v) is 6.42. The Hall–Kier alpha value is -3.18. The summed E-state index contributed by atoms with van der Waals surface area (Å²) >= 11 is 8.61. The topological polar surface area (TPSA) is 84.5 Å². The summed E-state index contributed by atoms with van der Waals surface area (Å²) in [6, 6.07) is 14.6. The molecule has 41 heavy (non-hydrogen) atoms. The lowest BCUT2D eigenvalue weighted by Crippen LogP contribution is -2.39. The molecule has 0 bridgehead atoms. The molecule has 8 nitrogen and oxygen atoms in total. The van der Waals surface area contributed by atoms with E-state index in [0.717, 1.165) is 58.8 Å². The summed E-state index contributed by atoms with van der Waals surface area (Å²) in [5.41, 5.74) is 5.00. The van der Waals surface area contributed by atoms with E-state index in [1.54, 1.807) is 54.9 Å². The zero-order chi connectivity index (χ0) is 29.4. The largest absolute Gasteiger partial charge is 0.367 e. The average Bonchev–Trinajstić information content (AvgIpc) is 3.62. The Morgan fingerprint density at radius 1 is 1.20 bits per heavy atom. The van der Waals surface area contributed by atoms with E-state index in [1.807, 2.05) is 23.6 Å². The van der Waals surface area contributed by atoms with E-state index in [4.69, 9.17) is 16.6 Å². The first-order valence-corrected chi connectivity index (χ1v) is 16.0. The van der Waals surface area contributed by atoms with Crippen molar-refractivity contribution in [1.82, 2.24) is 23.5 Å². The fraction of sp³-hybridized carbons (Fsp3) is 0.267. The SMILES string of the molecule is C/C=C(\C)c1cc(NC2CCN(Cc3cccn3S(=O)(=O)c3ccccc3)CC2)n2ncc(Br)c2n1.C=C/C=C/Cl. The number of nitrogens with one attached hydrogen (secondary N) is 1. The van der Waals surface area contributed by atoms with Gasteiger partial charge in [0.2, 0.25) is 0 Å². The van der Waals surface area contributed by atoms with Crippen LogP contribution in [0, 0.1) is 0 Å². The van der Waals surface area contributed by atoms with Gasteiger partial charge in [0.05, 0.1) is 21.3 Å². The molecule has 3 aromatic heterocycles. The molecule has 0 aliphatic carbocycles. The van der Waals surface area contributed by atoms with Gasteiger partial charge in [0.25, 0.3) is 10.0 Å². The van der Waals surface area contributed by atoms with Crippen LogP contribution in [0.5, 0.6) is 0 Å². The Kier molecular flexibility index (Phi) is 10.6. The minimum atomic E-state index is -3.61. The van der Waals surface area contributed by atoms with Gasteiger partial charge in [-0.3, -0.25) is 4.90 Å². The summed E-state index contributed by atoms with van der Waals surface area (Å²) in [5.74, 6) is 0.920. The minimum absolute atomic E-state index is 0.286. The molecule has 1 saturated heterocycles. The van der Waals surface area contributed by atoms with Crippen molar-refractivity contribution in [3.8, 4) is 0 Å². The first-order chi connectivity index (χ1) is 19.8. The molecule has 4 aromatic rings. The number of anilines is 1. The van der Waals surface area contributed by atoms with E-state index in [1.165, 1.54) is 9.51 Å². The van der Waals surface area contributed by atoms with E-state index in [2.05, 4.69) is 56.9 Å². The molecule has 0 atom stereocenters. The van der Waals surface area contributed by atoms with Crippen molar-refractivity contribution in [1.29, 1.82) is 0 Å². The van der Waals surface area contributed by atoms with Crippen molar-refractivity contribution < 1.29 is 8.42 Å². The van der Waals surface area contributed by atoms with Crippen LogP contribution in [-0.4, -0.2) is 51.0 Å². The van der Waals surface area contributed by atoms with Gasteiger partial charge in [-0.25, -0.2) is 17.4 Å². The number of aromatic nitrogens is 4. The summed E-state index contributed by atoms with van der Waals surface area (Å²) in [7, 11) is -3.61. The van der Waals surface area contributed by atoms with E-state index >= 15 is 0 Å². The molecule has 1 aliphatic rings. The number of nitrogens with zero attached hydrogens (tertiary/aromatic N) is 5. The molecule has 0 saturated carbocycles. The molecule has 1 aliphatic heterocycles. The number of hydrogen-bond acceptors (Lipinski definition) is 6. The second-order valence-corrected chi connectivity index (χ2v) is 12.5. The molecule has 4 heterocycles. The fourth-order valence-electron chi connectivity index (χ4n) is 4.58. The van der Waals surface area contributed by atoms with Gasteiger partial charge in [-0.1, -0.05) is 54.6 Å². The van der Waals surface area contributed by atoms with Crippen molar-refractivity contribution >= 4 is 54.6 Å². The lowest BCUT2D eigenvalue weighted by atomic mass is 10.0. The number of allylic oxidation sites excluding steroid dienone is 4. The van der Waals surface area contributed by atoms with Gasteiger partial charge in [-0.15, -0.1) is 0 Å². The Balaban J connectivity index is 0.000000714. The minimum Gasteiger partial charge on any atom is -0.367 e. The van der Waals surface area contributed by atoms with Crippen molar-refractivity contribution in [2.75, 3.05) is 18.4 Å². The van der Waals surface area contributed by atoms with Gasteiger partial charge in [0, 0.05) is 49.2 Å². The van der Waals surface area contributed by atoms with Crippen LogP contribution in [0.3, 0.4) is 0 Å². The number of piperidine rings is 1. The highest BCUT2D eigenvalue weighted by molar-refractivity contribution is 9.10. The van der Waals surface area contributed by atoms with Gasteiger partial charge in [-0.05, 0) is 72.5 Å². The van der Waals surface area contributed by atoms with Crippen molar-refractivity contribution in [2.45, 2.75) is 44.2 Å². The third-order valence-electron chi connectivity index (χ3n) is 6.89. The predicted molar refractivity (Wildman–Crippen MR) is 171 cm³/mol. The Morgan fingerprint density at radius 3 is 2.56 bits per heavy atom. The summed E-state index contributed by atoms with van der Waals surface area (Å²) in [5, 5.41) is 8.17. The standard InChI is InChI=1S/C26H29BrN6O2S.C4H5Cl/c1-3-19(2)24-16-25(33-26(30-24)23(27)17-28-33)29-20-11-14-31(15-12-20)18-21-8-7-13-32(21)36(34,35)22-9-5-4-6-10-22;1-2-3-4-5/h3-10,13,16-17,20,29H,11-12,14-15,18H2,1-2H3;2-4H,1H2/b19-3+;4-3+. The van der Waals surface area contributed by atoms with E-state index in [-0.39, 0.29) is 6.04 Å². The van der Waals surface area contributed by atoms with Crippen LogP contribution in [0.1, 0.15) is 38.1 Å². The lowest BCUT2D eigenvalue weighted by Gasteiger charge is -2.33. The summed E-state index contributed by atoms with van der Waals surface area (Å²) < 4.78 is 30.4. The van der Waals surface area contributed by atoms with Crippen LogP contribution < -0.4 is 5.32 Å². The van der Waals surface area contributed by atoms with E-state index in [0.29, 0.717) is 11.4 Å². The van der Waals surface area contributed by atoms with Crippen molar-refractivity contribution in [3.63, 3.8) is 0 Å². The normalized spacial score (nSPS) is 15.2. The van der Waals surface area contributed by atoms with Crippen molar-refractivity contribution in [3.05, 3.63) is 107 Å². The maximum atomic E-state index is 13.1. The lowest BCUT2D eigenvalue weighted by molar-refractivity contribution is 0.208. The summed E-state index contributed by atoms with van der Waals surface area (Å²) in [4.78, 5) is 7.36. The van der Waals surface area contributed by atoms with Gasteiger partial charge in [0.15, 0.2) is 5.65 Å². The van der Waals surface area contributed by atoms with Crippen LogP contribution >= 0.6 is 27.5 Å². The first-order valence-electron chi connectivity index (χ1n) is 13.3. The highest BCUT2D eigenvalue weighted by Gasteiger charge is 2.24. The van der Waals surface area contributed by atoms with Gasteiger partial charge in [0.1, 0.15) is 5.82 Å². The number of fused-ring (bicyclic) bond motifs is 1. The molecule has 1 N–H and O–H groups in total. The summed E-state index contributed by atoms with van der Waals surface area (Å²) in [6.45, 7) is 9.76. The second kappa shape index (κ2) is 14.1. The highest BCUT2D eigenvalue weighted by Crippen LogP contribution is 2.26. The van der Waals surface area contributed by atoms with Crippen LogP contribution in [0.2, 0.25) is 0 Å². The van der Waals surface area contributed by atoms with Gasteiger partial charge < -0.3 is 5.32 Å². The number of benzene rings is 1. The second-order valence-electron chi connectivity index (χ2n) is 9.59. The molecule has 0 spiro atoms. The Labute approximate surface area is 255 Å². The van der Waals surface area contributed by atoms with E-state index in [9.17, 15) is 8.42 Å². The van der Waals surface area contributed by atoms with Crippen LogP contribution in [0.15, 0.2) is 101 Å². The third-order valence-corrected chi connectivity index (χ3v) is 9.34. The maximum Gasteiger partial charge on any atom is 0.267 e. The quantitative estimate of drug-likeness (QED) is 0.207. The molecular formula is C30H34BrClN6O2S. The van der Waals surface area contributed by atoms with E-state index < -0.39 is 10.0 Å². The molecule has 216 valence electrons. The molecule has 5 rings (SSSR count). The highest BCUT2D eigenvalue weighted by atomic mass is 79.9. The number of likely N-dealkylation sites (tertiary alicyclic amines) is 1. The molecule has 11 heteroatoms. The molecular weight excluding hydrogens is 624 g/mol. The van der Waals surface area contributed by atoms with Crippen molar-refractivity contribution in [2.24, 2.45) is 0 Å². The number of hydrogen-bond donors (Lipinski definition) is 1. The molecule has 0 amide bonds. The molecule has 0 radical (unpaired) electrons. The zero-order valence-electron chi connectivity index (χ0n) is 23.1. The molecule has 0 unspecified atom stereocenters. The average molecular weight is 658 g/mol. The zero-order valence-corrected chi connectivity index (χ0v) is 26.3. The maximum absolute atomic E-state index is 13.1. The Bertz CT molecular complexity index is 1640. The first kappa shape index (κ1) is 30.8. The molecule has 1 aromatic carbocycles. The predicted octanol–water partition coefficient (Wildman–Crippen LogP) is 6.95. The summed E-state index contributed by atoms with van der Waals surface area (Å²) in [6.07, 6.45) is 10.6. The smallest absolute Gasteiger partial charge is 0.267 e. The molecule has 1 fully saturated rings. The Morgan fingerprint density at radius 2 is 1.93 bits per heavy atom. The number of halogens is 2. The monoisotopic (exact) mass is 656 g/mol. The third kappa shape index (κ3) is 7.37. The van der Waals surface area contributed by atoms with Crippen LogP contribution in [0.25, 0.3) is 11.2 Å². The van der Waals surface area contributed by atoms with Crippen LogP contribution in [-0.2, 0) is 16.6 Å².